The first-order valence-corrected chi connectivity index (χ1v) is 3.15. The van der Waals surface area contributed by atoms with Crippen molar-refractivity contribution in [3.8, 4) is 0 Å². The Bertz CT molecular complexity index is 79.0. The van der Waals surface area contributed by atoms with Crippen molar-refractivity contribution in [3.63, 3.8) is 0 Å². The third-order valence-electron chi connectivity index (χ3n) is 0.485. The molecule has 0 aromatic heterocycles. The summed E-state index contributed by atoms with van der Waals surface area (Å²) < 4.78 is 4.66. The van der Waals surface area contributed by atoms with Gasteiger partial charge in [-0.1, -0.05) is 20.4 Å². The van der Waals surface area contributed by atoms with Crippen LogP contribution in [0.3, 0.4) is 0 Å². The second kappa shape index (κ2) is 10.2. The smallest absolute Gasteiger partial charge is 0.205 e. The summed E-state index contributed by atoms with van der Waals surface area (Å²) in [4.78, 5) is 0. The molecule has 0 radical (unpaired) electrons. The van der Waals surface area contributed by atoms with Crippen molar-refractivity contribution in [2.75, 3.05) is 6.61 Å². The van der Waals surface area contributed by atoms with Crippen LogP contribution in [-0.4, -0.2) is 12.5 Å². The van der Waals surface area contributed by atoms with Gasteiger partial charge in [0.05, 0.1) is 6.61 Å². The van der Waals surface area contributed by atoms with E-state index in [-0.39, 0.29) is 5.90 Å². The highest BCUT2D eigenvalue weighted by Gasteiger charge is 1.80. The molecule has 0 bridgehead atoms. The number of hydrogen-bond acceptors (Lipinski definition) is 2. The molecule has 0 rings (SSSR count). The largest absolute Gasteiger partial charge is 0.478 e. The minimum Gasteiger partial charge on any atom is -0.478 e. The molecule has 0 amide bonds. The van der Waals surface area contributed by atoms with E-state index in [1.165, 1.54) is 6.08 Å². The highest BCUT2D eigenvalue weighted by atomic mass is 16.5. The van der Waals surface area contributed by atoms with Gasteiger partial charge in [0.15, 0.2) is 0 Å². The second-order valence-corrected chi connectivity index (χ2v) is 1.00. The van der Waals surface area contributed by atoms with E-state index >= 15 is 0 Å². The number of rotatable bonds is 2. The van der Waals surface area contributed by atoms with E-state index in [0.29, 0.717) is 6.61 Å². The molecule has 0 atom stereocenters. The monoisotopic (exact) mass is 129 g/mol. The molecule has 54 valence electrons. The Morgan fingerprint density at radius 2 is 2.11 bits per heavy atom. The van der Waals surface area contributed by atoms with Crippen LogP contribution in [-0.2, 0) is 4.74 Å². The molecule has 0 heterocycles. The zero-order valence-corrected chi connectivity index (χ0v) is 6.40. The lowest BCUT2D eigenvalue weighted by molar-refractivity contribution is 0.327. The van der Waals surface area contributed by atoms with E-state index in [4.69, 9.17) is 5.41 Å². The Morgan fingerprint density at radius 1 is 1.67 bits per heavy atom. The van der Waals surface area contributed by atoms with Crippen molar-refractivity contribution in [1.82, 2.24) is 0 Å². The van der Waals surface area contributed by atoms with Crippen molar-refractivity contribution in [3.05, 3.63) is 12.7 Å². The van der Waals surface area contributed by atoms with Gasteiger partial charge < -0.3 is 4.74 Å². The maximum atomic E-state index is 6.80. The third kappa shape index (κ3) is 11.0. The molecule has 0 aromatic carbocycles. The minimum absolute atomic E-state index is 0.141. The summed E-state index contributed by atoms with van der Waals surface area (Å²) in [5.41, 5.74) is 0. The van der Waals surface area contributed by atoms with Gasteiger partial charge in [0.25, 0.3) is 0 Å². The van der Waals surface area contributed by atoms with Crippen LogP contribution in [0.2, 0.25) is 0 Å². The number of nitrogens with one attached hydrogen (secondary N) is 1. The molecule has 9 heavy (non-hydrogen) atoms. The zero-order chi connectivity index (χ0) is 7.70. The zero-order valence-electron chi connectivity index (χ0n) is 6.40. The van der Waals surface area contributed by atoms with Crippen molar-refractivity contribution < 1.29 is 4.74 Å². The molecule has 0 aliphatic carbocycles. The molecular weight excluding hydrogens is 114 g/mol. The van der Waals surface area contributed by atoms with Crippen LogP contribution in [0.25, 0.3) is 0 Å². The average molecular weight is 129 g/mol. The third-order valence-corrected chi connectivity index (χ3v) is 0.485. The Hall–Kier alpha value is -0.790. The minimum atomic E-state index is 0.141. The molecule has 1 N–H and O–H groups in total. The summed E-state index contributed by atoms with van der Waals surface area (Å²) in [6.07, 6.45) is 1.36. The Balaban J connectivity index is 0. The molecule has 2 nitrogen and oxygen atoms in total. The lowest BCUT2D eigenvalue weighted by Gasteiger charge is -1.94. The molecular formula is C7H15NO. The van der Waals surface area contributed by atoms with E-state index < -0.39 is 0 Å². The van der Waals surface area contributed by atoms with Crippen molar-refractivity contribution >= 4 is 5.90 Å². The summed E-state index contributed by atoms with van der Waals surface area (Å²) in [7, 11) is 0. The number of ether oxygens (including phenoxy) is 1. The second-order valence-electron chi connectivity index (χ2n) is 1.00. The normalized spacial score (nSPS) is 6.56. The fraction of sp³-hybridized carbons (Fsp3) is 0.571. The molecule has 0 unspecified atom stereocenters. The van der Waals surface area contributed by atoms with Gasteiger partial charge in [0, 0.05) is 0 Å². The summed E-state index contributed by atoms with van der Waals surface area (Å²) in [6, 6.07) is 0. The van der Waals surface area contributed by atoms with Crippen LogP contribution in [0, 0.1) is 5.41 Å². The SMILES string of the molecule is C=CC(=N)OCC.CC. The van der Waals surface area contributed by atoms with E-state index in [1.807, 2.05) is 20.8 Å². The van der Waals surface area contributed by atoms with Crippen molar-refractivity contribution in [1.29, 1.82) is 5.41 Å². The summed E-state index contributed by atoms with van der Waals surface area (Å²) in [6.45, 7) is 9.71. The predicted molar refractivity (Wildman–Crippen MR) is 40.9 cm³/mol. The molecule has 0 fully saturated rings. The maximum Gasteiger partial charge on any atom is 0.205 e. The summed E-state index contributed by atoms with van der Waals surface area (Å²) in [5, 5.41) is 6.80. The Morgan fingerprint density at radius 3 is 2.22 bits per heavy atom. The Kier molecular flexibility index (Phi) is 12.6. The molecule has 0 aliphatic heterocycles. The first-order valence-electron chi connectivity index (χ1n) is 3.15. The maximum absolute atomic E-state index is 6.80. The summed E-state index contributed by atoms with van der Waals surface area (Å²) >= 11 is 0. The van der Waals surface area contributed by atoms with Gasteiger partial charge in [-0.05, 0) is 13.0 Å². The number of hydrogen-bond donors (Lipinski definition) is 1. The topological polar surface area (TPSA) is 33.1 Å². The fourth-order valence-corrected chi connectivity index (χ4v) is 0.214. The fourth-order valence-electron chi connectivity index (χ4n) is 0.214. The van der Waals surface area contributed by atoms with Crippen LogP contribution in [0.1, 0.15) is 20.8 Å². The van der Waals surface area contributed by atoms with Crippen LogP contribution < -0.4 is 0 Å². The van der Waals surface area contributed by atoms with Crippen LogP contribution in [0.5, 0.6) is 0 Å². The van der Waals surface area contributed by atoms with E-state index in [1.54, 1.807) is 0 Å². The first-order chi connectivity index (χ1) is 4.31. The molecule has 0 saturated heterocycles. The first kappa shape index (κ1) is 11.1. The standard InChI is InChI=1S/C5H9NO.C2H6/c1-3-5(6)7-4-2;1-2/h3,6H,1,4H2,2H3;1-2H3. The highest BCUT2D eigenvalue weighted by molar-refractivity contribution is 5.83. The van der Waals surface area contributed by atoms with E-state index in [0.717, 1.165) is 0 Å². The van der Waals surface area contributed by atoms with E-state index in [9.17, 15) is 0 Å². The van der Waals surface area contributed by atoms with Crippen molar-refractivity contribution in [2.24, 2.45) is 0 Å². The Labute approximate surface area is 57.0 Å². The summed E-state index contributed by atoms with van der Waals surface area (Å²) in [5.74, 6) is 0.141. The average Bonchev–Trinajstić information content (AvgIpc) is 1.93. The van der Waals surface area contributed by atoms with Crippen molar-refractivity contribution in [2.45, 2.75) is 20.8 Å². The van der Waals surface area contributed by atoms with Gasteiger partial charge >= 0.3 is 0 Å². The van der Waals surface area contributed by atoms with Crippen LogP contribution in [0.15, 0.2) is 12.7 Å². The lowest BCUT2D eigenvalue weighted by Crippen LogP contribution is -1.96. The van der Waals surface area contributed by atoms with Gasteiger partial charge in [-0.15, -0.1) is 0 Å². The highest BCUT2D eigenvalue weighted by Crippen LogP contribution is 1.75. The lowest BCUT2D eigenvalue weighted by atomic mass is 10.6. The molecule has 0 spiro atoms. The van der Waals surface area contributed by atoms with Gasteiger partial charge in [-0.25, -0.2) is 0 Å². The van der Waals surface area contributed by atoms with Gasteiger partial charge in [-0.2, -0.15) is 0 Å². The predicted octanol–water partition coefficient (Wildman–Crippen LogP) is 2.21. The molecule has 0 aromatic rings. The van der Waals surface area contributed by atoms with Gasteiger partial charge in [0.2, 0.25) is 5.90 Å². The van der Waals surface area contributed by atoms with E-state index in [2.05, 4.69) is 11.3 Å². The molecule has 2 heteroatoms. The molecule has 0 saturated carbocycles. The van der Waals surface area contributed by atoms with Crippen LogP contribution in [0.4, 0.5) is 0 Å². The van der Waals surface area contributed by atoms with Gasteiger partial charge in [-0.3, -0.25) is 5.41 Å². The van der Waals surface area contributed by atoms with Gasteiger partial charge in [0.1, 0.15) is 0 Å². The quantitative estimate of drug-likeness (QED) is 0.450. The molecule has 0 aliphatic rings. The van der Waals surface area contributed by atoms with Crippen LogP contribution >= 0.6 is 0 Å².